The lowest BCUT2D eigenvalue weighted by atomic mass is 9.78. The Labute approximate surface area is 134 Å². The molecule has 0 spiro atoms. The predicted molar refractivity (Wildman–Crippen MR) is 87.6 cm³/mol. The SMILES string of the molecule is Cn1c(SCC(=O)NC2(C)CCC2)nnc1-c1ccccc1. The molecule has 1 N–H and O–H groups in total. The van der Waals surface area contributed by atoms with E-state index in [0.29, 0.717) is 5.75 Å². The van der Waals surface area contributed by atoms with Crippen molar-refractivity contribution in [2.75, 3.05) is 5.75 Å². The van der Waals surface area contributed by atoms with Crippen molar-refractivity contribution in [3.05, 3.63) is 30.3 Å². The van der Waals surface area contributed by atoms with Gasteiger partial charge in [-0.1, -0.05) is 42.1 Å². The van der Waals surface area contributed by atoms with Gasteiger partial charge in [0.15, 0.2) is 11.0 Å². The highest BCUT2D eigenvalue weighted by molar-refractivity contribution is 7.99. The second kappa shape index (κ2) is 6.12. The first-order valence-electron chi connectivity index (χ1n) is 7.46. The highest BCUT2D eigenvalue weighted by atomic mass is 32.2. The van der Waals surface area contributed by atoms with Crippen molar-refractivity contribution in [1.29, 1.82) is 0 Å². The third-order valence-electron chi connectivity index (χ3n) is 4.10. The van der Waals surface area contributed by atoms with Crippen LogP contribution in [0.2, 0.25) is 0 Å². The fourth-order valence-corrected chi connectivity index (χ4v) is 3.33. The van der Waals surface area contributed by atoms with Crippen LogP contribution >= 0.6 is 11.8 Å². The maximum Gasteiger partial charge on any atom is 0.230 e. The van der Waals surface area contributed by atoms with Crippen molar-refractivity contribution in [2.45, 2.75) is 36.9 Å². The molecule has 2 aromatic rings. The highest BCUT2D eigenvalue weighted by Gasteiger charge is 2.33. The average molecular weight is 316 g/mol. The van der Waals surface area contributed by atoms with Crippen molar-refractivity contribution in [3.8, 4) is 11.4 Å². The molecule has 0 radical (unpaired) electrons. The molecule has 1 aliphatic rings. The van der Waals surface area contributed by atoms with Crippen molar-refractivity contribution < 1.29 is 4.79 Å². The van der Waals surface area contributed by atoms with Gasteiger partial charge in [0.2, 0.25) is 5.91 Å². The third kappa shape index (κ3) is 3.16. The maximum absolute atomic E-state index is 12.0. The van der Waals surface area contributed by atoms with Gasteiger partial charge >= 0.3 is 0 Å². The van der Waals surface area contributed by atoms with Crippen molar-refractivity contribution >= 4 is 17.7 Å². The van der Waals surface area contributed by atoms with E-state index in [4.69, 9.17) is 0 Å². The minimum Gasteiger partial charge on any atom is -0.350 e. The van der Waals surface area contributed by atoms with Gasteiger partial charge in [-0.3, -0.25) is 4.79 Å². The zero-order valence-electron chi connectivity index (χ0n) is 12.9. The maximum atomic E-state index is 12.0. The first kappa shape index (κ1) is 15.1. The molecule has 1 aromatic carbocycles. The largest absolute Gasteiger partial charge is 0.350 e. The number of nitrogens with one attached hydrogen (secondary N) is 1. The molecule has 0 aliphatic heterocycles. The molecular formula is C16H20N4OS. The second-order valence-corrected chi connectivity index (χ2v) is 6.92. The van der Waals surface area contributed by atoms with E-state index in [1.807, 2.05) is 41.9 Å². The molecular weight excluding hydrogens is 296 g/mol. The molecule has 1 aromatic heterocycles. The van der Waals surface area contributed by atoms with Gasteiger partial charge < -0.3 is 9.88 Å². The summed E-state index contributed by atoms with van der Waals surface area (Å²) in [5.74, 6) is 1.25. The molecule has 1 fully saturated rings. The van der Waals surface area contributed by atoms with Crippen molar-refractivity contribution in [2.24, 2.45) is 7.05 Å². The van der Waals surface area contributed by atoms with E-state index in [-0.39, 0.29) is 11.4 Å². The van der Waals surface area contributed by atoms with Crippen molar-refractivity contribution in [1.82, 2.24) is 20.1 Å². The molecule has 1 aliphatic carbocycles. The second-order valence-electron chi connectivity index (χ2n) is 5.98. The lowest BCUT2D eigenvalue weighted by Crippen LogP contribution is -2.51. The van der Waals surface area contributed by atoms with Crippen LogP contribution in [0.3, 0.4) is 0 Å². The molecule has 0 atom stereocenters. The number of benzene rings is 1. The van der Waals surface area contributed by atoms with E-state index in [2.05, 4.69) is 22.4 Å². The number of carbonyl (C=O) groups is 1. The Morgan fingerprint density at radius 3 is 2.68 bits per heavy atom. The number of carbonyl (C=O) groups excluding carboxylic acids is 1. The normalized spacial score (nSPS) is 16.1. The van der Waals surface area contributed by atoms with Crippen LogP contribution in [0, 0.1) is 0 Å². The Hall–Kier alpha value is -1.82. The first-order chi connectivity index (χ1) is 10.6. The standard InChI is InChI=1S/C16H20N4OS/c1-16(9-6-10-16)17-13(21)11-22-15-19-18-14(20(15)2)12-7-4-3-5-8-12/h3-5,7-8H,6,9-11H2,1-2H3,(H,17,21). The number of amides is 1. The lowest BCUT2D eigenvalue weighted by molar-refractivity contribution is -0.121. The molecule has 1 amide bonds. The number of thioether (sulfide) groups is 1. The molecule has 3 rings (SSSR count). The summed E-state index contributed by atoms with van der Waals surface area (Å²) in [4.78, 5) is 12.0. The van der Waals surface area contributed by atoms with E-state index in [1.165, 1.54) is 18.2 Å². The number of hydrogen-bond acceptors (Lipinski definition) is 4. The Bertz CT molecular complexity index is 664. The van der Waals surface area contributed by atoms with E-state index < -0.39 is 0 Å². The number of nitrogens with zero attached hydrogens (tertiary/aromatic N) is 3. The summed E-state index contributed by atoms with van der Waals surface area (Å²) in [5, 5.41) is 12.3. The summed E-state index contributed by atoms with van der Waals surface area (Å²) < 4.78 is 1.93. The smallest absolute Gasteiger partial charge is 0.230 e. The molecule has 116 valence electrons. The van der Waals surface area contributed by atoms with Gasteiger partial charge in [0.1, 0.15) is 0 Å². The fourth-order valence-electron chi connectivity index (χ4n) is 2.61. The van der Waals surface area contributed by atoms with Crippen LogP contribution in [0.5, 0.6) is 0 Å². The molecule has 5 nitrogen and oxygen atoms in total. The molecule has 1 saturated carbocycles. The van der Waals surface area contributed by atoms with E-state index >= 15 is 0 Å². The molecule has 22 heavy (non-hydrogen) atoms. The van der Waals surface area contributed by atoms with Gasteiger partial charge in [-0.05, 0) is 26.2 Å². The summed E-state index contributed by atoms with van der Waals surface area (Å²) in [6.45, 7) is 2.11. The van der Waals surface area contributed by atoms with Crippen LogP contribution in [0.25, 0.3) is 11.4 Å². The monoisotopic (exact) mass is 316 g/mol. The summed E-state index contributed by atoms with van der Waals surface area (Å²) >= 11 is 1.42. The van der Waals surface area contributed by atoms with Crippen LogP contribution in [-0.2, 0) is 11.8 Å². The quantitative estimate of drug-likeness (QED) is 0.862. The summed E-state index contributed by atoms with van der Waals surface area (Å²) in [6.07, 6.45) is 3.35. The highest BCUT2D eigenvalue weighted by Crippen LogP contribution is 2.31. The van der Waals surface area contributed by atoms with E-state index in [9.17, 15) is 4.79 Å². The Balaban J connectivity index is 1.62. The summed E-state index contributed by atoms with van der Waals surface area (Å²) in [5.41, 5.74) is 1.03. The van der Waals surface area contributed by atoms with Gasteiger partial charge in [-0.2, -0.15) is 0 Å². The summed E-state index contributed by atoms with van der Waals surface area (Å²) in [7, 11) is 1.93. The van der Waals surface area contributed by atoms with E-state index in [0.717, 1.165) is 29.4 Å². The number of aromatic nitrogens is 3. The van der Waals surface area contributed by atoms with Crippen LogP contribution in [0.1, 0.15) is 26.2 Å². The Kier molecular flexibility index (Phi) is 4.20. The molecule has 0 bridgehead atoms. The minimum absolute atomic E-state index is 0.00668. The van der Waals surface area contributed by atoms with Crippen LogP contribution in [-0.4, -0.2) is 32.0 Å². The van der Waals surface area contributed by atoms with Gasteiger partial charge in [-0.25, -0.2) is 0 Å². The predicted octanol–water partition coefficient (Wildman–Crippen LogP) is 2.63. The van der Waals surface area contributed by atoms with Crippen LogP contribution in [0.15, 0.2) is 35.5 Å². The average Bonchev–Trinajstić information content (AvgIpc) is 2.85. The van der Waals surface area contributed by atoms with Gasteiger partial charge in [0, 0.05) is 18.2 Å². The van der Waals surface area contributed by atoms with Crippen LogP contribution in [0.4, 0.5) is 0 Å². The topological polar surface area (TPSA) is 59.8 Å². The summed E-state index contributed by atoms with van der Waals surface area (Å²) in [6, 6.07) is 9.93. The molecule has 1 heterocycles. The van der Waals surface area contributed by atoms with Gasteiger partial charge in [-0.15, -0.1) is 10.2 Å². The Morgan fingerprint density at radius 2 is 2.05 bits per heavy atom. The van der Waals surface area contributed by atoms with Gasteiger partial charge in [0.25, 0.3) is 0 Å². The zero-order valence-corrected chi connectivity index (χ0v) is 13.7. The lowest BCUT2D eigenvalue weighted by Gasteiger charge is -2.39. The molecule has 0 saturated heterocycles. The molecule has 6 heteroatoms. The fraction of sp³-hybridized carbons (Fsp3) is 0.438. The van der Waals surface area contributed by atoms with Crippen molar-refractivity contribution in [3.63, 3.8) is 0 Å². The molecule has 0 unspecified atom stereocenters. The first-order valence-corrected chi connectivity index (χ1v) is 8.45. The van der Waals surface area contributed by atoms with Gasteiger partial charge in [0.05, 0.1) is 5.75 Å². The van der Waals surface area contributed by atoms with E-state index in [1.54, 1.807) is 0 Å². The zero-order chi connectivity index (χ0) is 15.6. The minimum atomic E-state index is 0.00668. The van der Waals surface area contributed by atoms with Crippen LogP contribution < -0.4 is 5.32 Å². The third-order valence-corrected chi connectivity index (χ3v) is 5.12. The Morgan fingerprint density at radius 1 is 1.32 bits per heavy atom. The number of hydrogen-bond donors (Lipinski definition) is 1. The number of rotatable bonds is 5.